The first-order chi connectivity index (χ1) is 15.1. The third-order valence-electron chi connectivity index (χ3n) is 5.46. The minimum absolute atomic E-state index is 0.0264. The number of nitrogens with zero attached hydrogens (tertiary/aromatic N) is 2. The van der Waals surface area contributed by atoms with Gasteiger partial charge in [0.2, 0.25) is 0 Å². The summed E-state index contributed by atoms with van der Waals surface area (Å²) in [5, 5.41) is 0. The van der Waals surface area contributed by atoms with Gasteiger partial charge in [-0.2, -0.15) is 0 Å². The Morgan fingerprint density at radius 1 is 0.839 bits per heavy atom. The Balaban J connectivity index is 1.72. The second-order valence-electron chi connectivity index (χ2n) is 7.90. The molecule has 2 aromatic heterocycles. The summed E-state index contributed by atoms with van der Waals surface area (Å²) in [6.07, 6.45) is 1.96. The predicted molar refractivity (Wildman–Crippen MR) is 130 cm³/mol. The van der Waals surface area contributed by atoms with Crippen LogP contribution in [0.3, 0.4) is 0 Å². The molecule has 0 atom stereocenters. The van der Waals surface area contributed by atoms with Crippen LogP contribution in [0.25, 0.3) is 33.6 Å². The molecule has 0 bridgehead atoms. The van der Waals surface area contributed by atoms with E-state index < -0.39 is 0 Å². The summed E-state index contributed by atoms with van der Waals surface area (Å²) in [4.78, 5) is 19.0. The van der Waals surface area contributed by atoms with Crippen molar-refractivity contribution in [3.05, 3.63) is 111 Å². The predicted octanol–water partition coefficient (Wildman–Crippen LogP) is 5.76. The second-order valence-corrected chi connectivity index (χ2v) is 8.91. The van der Waals surface area contributed by atoms with Gasteiger partial charge in [-0.3, -0.25) is 4.79 Å². The molecule has 0 fully saturated rings. The van der Waals surface area contributed by atoms with Crippen LogP contribution in [0.4, 0.5) is 0 Å². The fourth-order valence-corrected chi connectivity index (χ4v) is 4.76. The van der Waals surface area contributed by atoms with E-state index in [1.165, 1.54) is 16.9 Å². The molecule has 0 unspecified atom stereocenters. The zero-order valence-corrected chi connectivity index (χ0v) is 18.3. The highest BCUT2D eigenvalue weighted by atomic mass is 32.1. The van der Waals surface area contributed by atoms with Crippen LogP contribution < -0.4 is 10.1 Å². The molecule has 0 N–H and O–H groups in total. The van der Waals surface area contributed by atoms with E-state index in [1.807, 2.05) is 66.7 Å². The molecular weight excluding hydrogens is 400 g/mol. The maximum absolute atomic E-state index is 13.4. The number of aromatic nitrogens is 2. The van der Waals surface area contributed by atoms with Crippen LogP contribution in [0.1, 0.15) is 30.9 Å². The summed E-state index contributed by atoms with van der Waals surface area (Å²) in [5.74, 6) is 0.485. The Hall–Kier alpha value is -3.50. The van der Waals surface area contributed by atoms with E-state index in [4.69, 9.17) is 4.98 Å². The van der Waals surface area contributed by atoms with Gasteiger partial charge in [-0.1, -0.05) is 110 Å². The van der Waals surface area contributed by atoms with Gasteiger partial charge in [-0.25, -0.2) is 9.38 Å². The minimum Gasteiger partial charge on any atom is -0.267 e. The molecule has 3 nitrogen and oxygen atoms in total. The number of thiazole rings is 1. The monoisotopic (exact) mass is 422 g/mol. The molecule has 3 aromatic carbocycles. The summed E-state index contributed by atoms with van der Waals surface area (Å²) in [6.45, 7) is 4.36. The van der Waals surface area contributed by atoms with E-state index in [2.05, 4.69) is 38.1 Å². The zero-order valence-electron chi connectivity index (χ0n) is 17.4. The van der Waals surface area contributed by atoms with Crippen LogP contribution in [-0.4, -0.2) is 9.38 Å². The molecule has 0 saturated heterocycles. The fraction of sp³-hybridized carbons (Fsp3) is 0.111. The average Bonchev–Trinajstić information content (AvgIpc) is 3.32. The van der Waals surface area contributed by atoms with Crippen molar-refractivity contribution in [2.75, 3.05) is 0 Å². The molecule has 0 aliphatic rings. The summed E-state index contributed by atoms with van der Waals surface area (Å²) in [5.41, 5.74) is 5.96. The molecule has 152 valence electrons. The third kappa shape index (κ3) is 3.60. The van der Waals surface area contributed by atoms with Crippen molar-refractivity contribution >= 4 is 22.4 Å². The van der Waals surface area contributed by atoms with Crippen LogP contribution >= 0.6 is 11.3 Å². The summed E-state index contributed by atoms with van der Waals surface area (Å²) in [6, 6.07) is 28.5. The van der Waals surface area contributed by atoms with E-state index >= 15 is 0 Å². The number of rotatable bonds is 4. The lowest BCUT2D eigenvalue weighted by molar-refractivity contribution is 0.866. The molecule has 5 aromatic rings. The van der Waals surface area contributed by atoms with Crippen molar-refractivity contribution in [1.82, 2.24) is 9.38 Å². The SMILES string of the molecule is CC(C)c1ccc(/C=c2\sc3nc(-c4ccccc4)c(-c4ccccc4)n3c2=O)cc1. The Labute approximate surface area is 185 Å². The lowest BCUT2D eigenvalue weighted by Gasteiger charge is -2.04. The van der Waals surface area contributed by atoms with Gasteiger partial charge in [-0.05, 0) is 23.1 Å². The van der Waals surface area contributed by atoms with Crippen molar-refractivity contribution in [3.8, 4) is 22.5 Å². The number of hydrogen-bond acceptors (Lipinski definition) is 3. The first-order valence-corrected chi connectivity index (χ1v) is 11.2. The molecular formula is C27H22N2OS. The Morgan fingerprint density at radius 2 is 1.45 bits per heavy atom. The zero-order chi connectivity index (χ0) is 21.4. The molecule has 0 aliphatic carbocycles. The molecule has 31 heavy (non-hydrogen) atoms. The highest BCUT2D eigenvalue weighted by Crippen LogP contribution is 2.32. The molecule has 0 saturated carbocycles. The lowest BCUT2D eigenvalue weighted by atomic mass is 10.0. The maximum atomic E-state index is 13.4. The third-order valence-corrected chi connectivity index (χ3v) is 6.43. The number of imidazole rings is 1. The molecule has 4 heteroatoms. The molecule has 0 spiro atoms. The quantitative estimate of drug-likeness (QED) is 0.369. The van der Waals surface area contributed by atoms with Gasteiger partial charge in [0.05, 0.1) is 15.9 Å². The normalized spacial score (nSPS) is 12.2. The number of hydrogen-bond donors (Lipinski definition) is 0. The smallest absolute Gasteiger partial charge is 0.267 e. The summed E-state index contributed by atoms with van der Waals surface area (Å²) in [7, 11) is 0. The van der Waals surface area contributed by atoms with Crippen molar-refractivity contribution < 1.29 is 0 Å². The highest BCUT2D eigenvalue weighted by Gasteiger charge is 2.19. The van der Waals surface area contributed by atoms with Crippen molar-refractivity contribution in [3.63, 3.8) is 0 Å². The van der Waals surface area contributed by atoms with E-state index in [0.717, 1.165) is 28.1 Å². The topological polar surface area (TPSA) is 34.4 Å². The van der Waals surface area contributed by atoms with Crippen molar-refractivity contribution in [2.24, 2.45) is 0 Å². The molecule has 0 radical (unpaired) electrons. The van der Waals surface area contributed by atoms with Gasteiger partial charge < -0.3 is 0 Å². The Kier molecular flexibility index (Phi) is 5.00. The molecule has 0 aliphatic heterocycles. The van der Waals surface area contributed by atoms with E-state index in [1.54, 1.807) is 4.40 Å². The van der Waals surface area contributed by atoms with Crippen molar-refractivity contribution in [2.45, 2.75) is 19.8 Å². The Morgan fingerprint density at radius 3 is 2.06 bits per heavy atom. The van der Waals surface area contributed by atoms with Gasteiger partial charge >= 0.3 is 0 Å². The number of fused-ring (bicyclic) bond motifs is 1. The molecule has 0 amide bonds. The van der Waals surface area contributed by atoms with Gasteiger partial charge in [0.15, 0.2) is 4.96 Å². The second kappa shape index (κ2) is 7.97. The van der Waals surface area contributed by atoms with Crippen LogP contribution in [0.15, 0.2) is 89.7 Å². The summed E-state index contributed by atoms with van der Waals surface area (Å²) < 4.78 is 2.45. The van der Waals surface area contributed by atoms with Gasteiger partial charge in [-0.15, -0.1) is 0 Å². The lowest BCUT2D eigenvalue weighted by Crippen LogP contribution is -2.23. The average molecular weight is 423 g/mol. The van der Waals surface area contributed by atoms with Crippen LogP contribution in [0, 0.1) is 0 Å². The van der Waals surface area contributed by atoms with E-state index in [0.29, 0.717) is 15.4 Å². The molecule has 5 rings (SSSR count). The standard InChI is InChI=1S/C27H22N2OS/c1-18(2)20-15-13-19(14-16-20)17-23-26(30)29-25(22-11-7-4-8-12-22)24(28-27(29)31-23)21-9-5-3-6-10-21/h3-18H,1-2H3/b23-17-. The molecule has 2 heterocycles. The van der Waals surface area contributed by atoms with Gasteiger partial charge in [0.1, 0.15) is 0 Å². The van der Waals surface area contributed by atoms with E-state index in [-0.39, 0.29) is 5.56 Å². The first-order valence-electron chi connectivity index (χ1n) is 10.4. The van der Waals surface area contributed by atoms with E-state index in [9.17, 15) is 4.79 Å². The summed E-state index contributed by atoms with van der Waals surface area (Å²) >= 11 is 1.44. The maximum Gasteiger partial charge on any atom is 0.274 e. The first kappa shape index (κ1) is 19.5. The highest BCUT2D eigenvalue weighted by molar-refractivity contribution is 7.15. The van der Waals surface area contributed by atoms with Crippen LogP contribution in [-0.2, 0) is 0 Å². The number of benzene rings is 3. The van der Waals surface area contributed by atoms with Gasteiger partial charge in [0, 0.05) is 11.1 Å². The minimum atomic E-state index is -0.0264. The largest absolute Gasteiger partial charge is 0.274 e. The van der Waals surface area contributed by atoms with Crippen LogP contribution in [0.2, 0.25) is 0 Å². The van der Waals surface area contributed by atoms with Crippen molar-refractivity contribution in [1.29, 1.82) is 0 Å². The Bertz CT molecular complexity index is 1450. The fourth-order valence-electron chi connectivity index (χ4n) is 3.79. The van der Waals surface area contributed by atoms with Crippen LogP contribution in [0.5, 0.6) is 0 Å². The van der Waals surface area contributed by atoms with Gasteiger partial charge in [0.25, 0.3) is 5.56 Å².